The van der Waals surface area contributed by atoms with E-state index in [9.17, 15) is 9.59 Å². The average molecular weight is 267 g/mol. The van der Waals surface area contributed by atoms with E-state index in [0.29, 0.717) is 12.2 Å². The van der Waals surface area contributed by atoms with Gasteiger partial charge in [-0.25, -0.2) is 4.98 Å². The molecule has 0 aliphatic heterocycles. The van der Waals surface area contributed by atoms with Crippen LogP contribution < -0.4 is 10.9 Å². The van der Waals surface area contributed by atoms with Crippen LogP contribution in [0.15, 0.2) is 17.2 Å². The molecule has 106 valence electrons. The van der Waals surface area contributed by atoms with Crippen molar-refractivity contribution in [2.45, 2.75) is 39.2 Å². The number of rotatable bonds is 7. The molecule has 0 aliphatic rings. The minimum atomic E-state index is -0.765. The number of hydrogen-bond donors (Lipinski definition) is 2. The van der Waals surface area contributed by atoms with Crippen molar-refractivity contribution in [3.8, 4) is 0 Å². The molecule has 2 unspecified atom stereocenters. The van der Waals surface area contributed by atoms with Crippen LogP contribution in [0.25, 0.3) is 0 Å². The van der Waals surface area contributed by atoms with E-state index in [1.165, 1.54) is 4.57 Å². The molecule has 0 radical (unpaired) electrons. The van der Waals surface area contributed by atoms with Gasteiger partial charge >= 0.3 is 5.97 Å². The molecular weight excluding hydrogens is 246 g/mol. The summed E-state index contributed by atoms with van der Waals surface area (Å²) in [5.74, 6) is -0.752. The molecule has 1 heterocycles. The number of aromatic nitrogens is 2. The Morgan fingerprint density at radius 3 is 2.79 bits per heavy atom. The van der Waals surface area contributed by atoms with Gasteiger partial charge in [-0.3, -0.25) is 9.59 Å². The molecule has 0 bridgehead atoms. The molecule has 0 spiro atoms. The van der Waals surface area contributed by atoms with Crippen LogP contribution in [0.2, 0.25) is 0 Å². The van der Waals surface area contributed by atoms with Crippen LogP contribution in [0, 0.1) is 5.92 Å². The van der Waals surface area contributed by atoms with E-state index in [0.717, 1.165) is 12.8 Å². The van der Waals surface area contributed by atoms with E-state index >= 15 is 0 Å². The number of nitrogens with zero attached hydrogens (tertiary/aromatic N) is 2. The zero-order chi connectivity index (χ0) is 14.4. The van der Waals surface area contributed by atoms with Crippen LogP contribution in [0.3, 0.4) is 0 Å². The second-order valence-corrected chi connectivity index (χ2v) is 4.91. The summed E-state index contributed by atoms with van der Waals surface area (Å²) in [7, 11) is 1.67. The highest BCUT2D eigenvalue weighted by Crippen LogP contribution is 2.11. The second-order valence-electron chi connectivity index (χ2n) is 4.91. The fourth-order valence-electron chi connectivity index (χ4n) is 1.76. The number of carboxylic acid groups (broad SMARTS) is 1. The quantitative estimate of drug-likeness (QED) is 0.781. The molecule has 0 amide bonds. The number of aliphatic carboxylic acids is 1. The van der Waals surface area contributed by atoms with Gasteiger partial charge in [-0.15, -0.1) is 0 Å². The molecule has 0 saturated carbocycles. The van der Waals surface area contributed by atoms with Crippen molar-refractivity contribution < 1.29 is 9.90 Å². The first-order valence-corrected chi connectivity index (χ1v) is 6.42. The SMILES string of the molecule is CC(CCCC(C)C(=O)O)Nc1nccn(C)c1=O. The monoisotopic (exact) mass is 267 g/mol. The molecule has 6 heteroatoms. The molecule has 6 nitrogen and oxygen atoms in total. The summed E-state index contributed by atoms with van der Waals surface area (Å²) in [5.41, 5.74) is -0.159. The van der Waals surface area contributed by atoms with Crippen LogP contribution in [-0.4, -0.2) is 26.7 Å². The number of carbonyl (C=O) groups is 1. The Morgan fingerprint density at radius 2 is 2.16 bits per heavy atom. The average Bonchev–Trinajstić information content (AvgIpc) is 2.34. The first kappa shape index (κ1) is 15.2. The van der Waals surface area contributed by atoms with Crippen molar-refractivity contribution >= 4 is 11.8 Å². The highest BCUT2D eigenvalue weighted by molar-refractivity contribution is 5.69. The topological polar surface area (TPSA) is 84.2 Å². The maximum atomic E-state index is 11.7. The first-order valence-electron chi connectivity index (χ1n) is 6.42. The molecule has 0 fully saturated rings. The molecule has 2 atom stereocenters. The van der Waals surface area contributed by atoms with Crippen LogP contribution in [0.1, 0.15) is 33.1 Å². The molecule has 0 aliphatic carbocycles. The third-order valence-corrected chi connectivity index (χ3v) is 3.10. The van der Waals surface area contributed by atoms with Gasteiger partial charge in [0.25, 0.3) is 5.56 Å². The minimum Gasteiger partial charge on any atom is -0.481 e. The second kappa shape index (κ2) is 6.92. The lowest BCUT2D eigenvalue weighted by molar-refractivity contribution is -0.141. The molecule has 1 aromatic rings. The Hall–Kier alpha value is -1.85. The van der Waals surface area contributed by atoms with E-state index in [-0.39, 0.29) is 17.5 Å². The van der Waals surface area contributed by atoms with Gasteiger partial charge in [0.15, 0.2) is 5.82 Å². The summed E-state index contributed by atoms with van der Waals surface area (Å²) in [6.07, 6.45) is 5.42. The van der Waals surface area contributed by atoms with Gasteiger partial charge in [0.2, 0.25) is 0 Å². The van der Waals surface area contributed by atoms with Crippen LogP contribution in [0.5, 0.6) is 0 Å². The standard InChI is InChI=1S/C13H21N3O3/c1-9(13(18)19)5-4-6-10(2)15-11-12(17)16(3)8-7-14-11/h7-10H,4-6H2,1-3H3,(H,14,15)(H,18,19). The first-order chi connectivity index (χ1) is 8.91. The molecule has 2 N–H and O–H groups in total. The lowest BCUT2D eigenvalue weighted by Gasteiger charge is -2.14. The lowest BCUT2D eigenvalue weighted by Crippen LogP contribution is -2.26. The minimum absolute atomic E-state index is 0.0867. The van der Waals surface area contributed by atoms with Gasteiger partial charge in [0, 0.05) is 25.5 Å². The van der Waals surface area contributed by atoms with Crippen molar-refractivity contribution in [2.75, 3.05) is 5.32 Å². The largest absolute Gasteiger partial charge is 0.481 e. The van der Waals surface area contributed by atoms with Gasteiger partial charge in [-0.1, -0.05) is 13.3 Å². The fourth-order valence-corrected chi connectivity index (χ4v) is 1.76. The zero-order valence-corrected chi connectivity index (χ0v) is 11.6. The number of nitrogens with one attached hydrogen (secondary N) is 1. The Balaban J connectivity index is 2.43. The van der Waals surface area contributed by atoms with Crippen molar-refractivity contribution in [2.24, 2.45) is 13.0 Å². The molecule has 1 rings (SSSR count). The number of anilines is 1. The van der Waals surface area contributed by atoms with Crippen LogP contribution in [0.4, 0.5) is 5.82 Å². The van der Waals surface area contributed by atoms with Gasteiger partial charge in [0.1, 0.15) is 0 Å². The smallest absolute Gasteiger partial charge is 0.306 e. The fraction of sp³-hybridized carbons (Fsp3) is 0.615. The van der Waals surface area contributed by atoms with Gasteiger partial charge in [0.05, 0.1) is 5.92 Å². The summed E-state index contributed by atoms with van der Waals surface area (Å²) in [6.45, 7) is 3.66. The number of carboxylic acids is 1. The Morgan fingerprint density at radius 1 is 1.47 bits per heavy atom. The van der Waals surface area contributed by atoms with Gasteiger partial charge in [-0.05, 0) is 19.8 Å². The molecule has 0 saturated heterocycles. The zero-order valence-electron chi connectivity index (χ0n) is 11.6. The van der Waals surface area contributed by atoms with Crippen molar-refractivity contribution in [1.82, 2.24) is 9.55 Å². The van der Waals surface area contributed by atoms with Crippen LogP contribution in [-0.2, 0) is 11.8 Å². The summed E-state index contributed by atoms with van der Waals surface area (Å²) in [4.78, 5) is 26.4. The normalized spacial score (nSPS) is 13.8. The Bertz CT molecular complexity index is 484. The third-order valence-electron chi connectivity index (χ3n) is 3.10. The Kier molecular flexibility index (Phi) is 5.54. The third kappa shape index (κ3) is 4.73. The lowest BCUT2D eigenvalue weighted by atomic mass is 10.0. The Labute approximate surface area is 112 Å². The van der Waals surface area contributed by atoms with Crippen molar-refractivity contribution in [3.05, 3.63) is 22.7 Å². The van der Waals surface area contributed by atoms with E-state index in [4.69, 9.17) is 5.11 Å². The molecular formula is C13H21N3O3. The highest BCUT2D eigenvalue weighted by Gasteiger charge is 2.12. The van der Waals surface area contributed by atoms with E-state index in [2.05, 4.69) is 10.3 Å². The molecule has 1 aromatic heterocycles. The number of hydrogen-bond acceptors (Lipinski definition) is 4. The maximum Gasteiger partial charge on any atom is 0.306 e. The number of aryl methyl sites for hydroxylation is 1. The summed E-state index contributed by atoms with van der Waals surface area (Å²) in [6, 6.07) is 0.0867. The highest BCUT2D eigenvalue weighted by atomic mass is 16.4. The van der Waals surface area contributed by atoms with Crippen LogP contribution >= 0.6 is 0 Å². The van der Waals surface area contributed by atoms with Gasteiger partial charge < -0.3 is 15.0 Å². The van der Waals surface area contributed by atoms with Crippen molar-refractivity contribution in [1.29, 1.82) is 0 Å². The summed E-state index contributed by atoms with van der Waals surface area (Å²) < 4.78 is 1.47. The van der Waals surface area contributed by atoms with E-state index < -0.39 is 5.97 Å². The molecule has 19 heavy (non-hydrogen) atoms. The van der Waals surface area contributed by atoms with Gasteiger partial charge in [-0.2, -0.15) is 0 Å². The summed E-state index contributed by atoms with van der Waals surface area (Å²) in [5, 5.41) is 11.8. The predicted octanol–water partition coefficient (Wildman–Crippen LogP) is 1.47. The maximum absolute atomic E-state index is 11.7. The predicted molar refractivity (Wildman–Crippen MR) is 73.2 cm³/mol. The van der Waals surface area contributed by atoms with Crippen molar-refractivity contribution in [3.63, 3.8) is 0 Å². The van der Waals surface area contributed by atoms with E-state index in [1.54, 1.807) is 26.4 Å². The molecule has 0 aromatic carbocycles. The van der Waals surface area contributed by atoms with E-state index in [1.807, 2.05) is 6.92 Å². The summed E-state index contributed by atoms with van der Waals surface area (Å²) >= 11 is 0.